The summed E-state index contributed by atoms with van der Waals surface area (Å²) < 4.78 is 39.2. The number of carbonyl (C=O) groups is 1. The molecule has 3 rings (SSSR count). The van der Waals surface area contributed by atoms with Crippen molar-refractivity contribution in [1.29, 1.82) is 0 Å². The van der Waals surface area contributed by atoms with Crippen LogP contribution in [0.4, 0.5) is 24.5 Å². The fourth-order valence-electron chi connectivity index (χ4n) is 2.97. The third-order valence-corrected chi connectivity index (χ3v) is 4.46. The molecule has 2 aromatic rings. The molecule has 1 aliphatic rings. The molecule has 1 amide bonds. The van der Waals surface area contributed by atoms with Crippen LogP contribution in [0.25, 0.3) is 0 Å². The van der Waals surface area contributed by atoms with Crippen molar-refractivity contribution in [3.63, 3.8) is 0 Å². The lowest BCUT2D eigenvalue weighted by Gasteiger charge is -2.16. The Morgan fingerprint density at radius 1 is 1.30 bits per heavy atom. The van der Waals surface area contributed by atoms with Gasteiger partial charge in [-0.2, -0.15) is 18.3 Å². The molecule has 0 radical (unpaired) electrons. The zero-order chi connectivity index (χ0) is 19.4. The second-order valence-corrected chi connectivity index (χ2v) is 6.45. The van der Waals surface area contributed by atoms with Crippen LogP contribution in [0.5, 0.6) is 0 Å². The number of fused-ring (bicyclic) bond motifs is 1. The zero-order valence-electron chi connectivity index (χ0n) is 15.0. The monoisotopic (exact) mass is 381 g/mol. The molecular weight excluding hydrogens is 359 g/mol. The van der Waals surface area contributed by atoms with Crippen molar-refractivity contribution in [2.45, 2.75) is 38.9 Å². The zero-order valence-corrected chi connectivity index (χ0v) is 15.0. The average molecular weight is 381 g/mol. The van der Waals surface area contributed by atoms with Crippen LogP contribution in [0.2, 0.25) is 0 Å². The van der Waals surface area contributed by atoms with Crippen LogP contribution in [-0.4, -0.2) is 29.2 Å². The second kappa shape index (κ2) is 7.99. The highest BCUT2D eigenvalue weighted by Gasteiger charge is 2.31. The van der Waals surface area contributed by atoms with Gasteiger partial charge in [0.05, 0.1) is 16.9 Å². The average Bonchev–Trinajstić information content (AvgIpc) is 3.06. The van der Waals surface area contributed by atoms with E-state index < -0.39 is 17.6 Å². The van der Waals surface area contributed by atoms with Crippen molar-refractivity contribution in [3.8, 4) is 0 Å². The van der Waals surface area contributed by atoms with Gasteiger partial charge in [-0.05, 0) is 24.6 Å². The quantitative estimate of drug-likeness (QED) is 0.577. The second-order valence-electron chi connectivity index (χ2n) is 6.45. The number of carbonyl (C=O) groups excluding carboxylic acids is 1. The predicted molar refractivity (Wildman–Crippen MR) is 96.8 cm³/mol. The summed E-state index contributed by atoms with van der Waals surface area (Å²) in [4.78, 5) is 12.7. The van der Waals surface area contributed by atoms with E-state index in [2.05, 4.69) is 26.1 Å². The highest BCUT2D eigenvalue weighted by Crippen LogP contribution is 2.34. The van der Waals surface area contributed by atoms with Crippen molar-refractivity contribution in [2.24, 2.45) is 0 Å². The first-order valence-corrected chi connectivity index (χ1v) is 8.93. The van der Waals surface area contributed by atoms with E-state index in [1.807, 2.05) is 6.92 Å². The molecule has 1 aliphatic heterocycles. The SMILES string of the molecule is CCCCNc1ccc(C(F)(F)F)cc1NC(=O)c1n[nH]c2c1CNCC2. The summed E-state index contributed by atoms with van der Waals surface area (Å²) in [6.45, 7) is 3.91. The van der Waals surface area contributed by atoms with Crippen LogP contribution in [-0.2, 0) is 19.1 Å². The first kappa shape index (κ1) is 19.2. The van der Waals surface area contributed by atoms with Crippen LogP contribution >= 0.6 is 0 Å². The Bertz CT molecular complexity index is 816. The van der Waals surface area contributed by atoms with Crippen molar-refractivity contribution in [2.75, 3.05) is 23.7 Å². The summed E-state index contributed by atoms with van der Waals surface area (Å²) in [5.74, 6) is -0.533. The minimum atomic E-state index is -4.49. The van der Waals surface area contributed by atoms with Gasteiger partial charge < -0.3 is 16.0 Å². The minimum Gasteiger partial charge on any atom is -0.383 e. The number of rotatable bonds is 6. The first-order chi connectivity index (χ1) is 12.9. The van der Waals surface area contributed by atoms with E-state index in [1.54, 1.807) is 0 Å². The van der Waals surface area contributed by atoms with E-state index in [1.165, 1.54) is 6.07 Å². The molecular formula is C18H22F3N5O. The number of anilines is 2. The summed E-state index contributed by atoms with van der Waals surface area (Å²) in [7, 11) is 0. The molecule has 1 aromatic heterocycles. The van der Waals surface area contributed by atoms with Crippen LogP contribution in [0.3, 0.4) is 0 Å². The van der Waals surface area contributed by atoms with E-state index in [9.17, 15) is 18.0 Å². The van der Waals surface area contributed by atoms with Gasteiger partial charge in [-0.1, -0.05) is 13.3 Å². The molecule has 27 heavy (non-hydrogen) atoms. The maximum atomic E-state index is 13.1. The smallest absolute Gasteiger partial charge is 0.383 e. The molecule has 9 heteroatoms. The molecule has 1 aromatic carbocycles. The lowest BCUT2D eigenvalue weighted by molar-refractivity contribution is -0.137. The van der Waals surface area contributed by atoms with Crippen molar-refractivity contribution < 1.29 is 18.0 Å². The summed E-state index contributed by atoms with van der Waals surface area (Å²) in [5, 5.41) is 15.7. The maximum Gasteiger partial charge on any atom is 0.416 e. The molecule has 4 N–H and O–H groups in total. The number of amides is 1. The molecule has 2 heterocycles. The number of aromatic amines is 1. The number of nitrogens with zero attached hydrogens (tertiary/aromatic N) is 1. The van der Waals surface area contributed by atoms with E-state index in [-0.39, 0.29) is 11.4 Å². The summed E-state index contributed by atoms with van der Waals surface area (Å²) in [6.07, 6.45) is -1.95. The number of hydrogen-bond donors (Lipinski definition) is 4. The van der Waals surface area contributed by atoms with Crippen LogP contribution in [0.15, 0.2) is 18.2 Å². The van der Waals surface area contributed by atoms with Gasteiger partial charge in [0.1, 0.15) is 0 Å². The Kier molecular flexibility index (Phi) is 5.69. The van der Waals surface area contributed by atoms with Gasteiger partial charge >= 0.3 is 6.18 Å². The molecule has 0 unspecified atom stereocenters. The van der Waals surface area contributed by atoms with E-state index in [0.29, 0.717) is 18.8 Å². The summed E-state index contributed by atoms with van der Waals surface area (Å²) >= 11 is 0. The van der Waals surface area contributed by atoms with Crippen molar-refractivity contribution in [1.82, 2.24) is 15.5 Å². The Morgan fingerprint density at radius 3 is 2.85 bits per heavy atom. The molecule has 0 saturated heterocycles. The fourth-order valence-corrected chi connectivity index (χ4v) is 2.97. The normalized spacial score (nSPS) is 13.9. The number of hydrogen-bond acceptors (Lipinski definition) is 4. The van der Waals surface area contributed by atoms with Crippen molar-refractivity contribution in [3.05, 3.63) is 40.7 Å². The maximum absolute atomic E-state index is 13.1. The van der Waals surface area contributed by atoms with Gasteiger partial charge in [-0.3, -0.25) is 9.89 Å². The number of unbranched alkanes of at least 4 members (excludes halogenated alkanes) is 1. The number of aromatic nitrogens is 2. The van der Waals surface area contributed by atoms with Gasteiger partial charge in [-0.15, -0.1) is 0 Å². The third kappa shape index (κ3) is 4.41. The van der Waals surface area contributed by atoms with Gasteiger partial charge in [0, 0.05) is 37.3 Å². The molecule has 0 saturated carbocycles. The molecule has 0 bridgehead atoms. The molecule has 0 atom stereocenters. The van der Waals surface area contributed by atoms with E-state index in [0.717, 1.165) is 49.2 Å². The largest absolute Gasteiger partial charge is 0.416 e. The third-order valence-electron chi connectivity index (χ3n) is 4.46. The molecule has 6 nitrogen and oxygen atoms in total. The molecule has 146 valence electrons. The van der Waals surface area contributed by atoms with Crippen LogP contribution in [0, 0.1) is 0 Å². The number of nitrogens with one attached hydrogen (secondary N) is 4. The molecule has 0 spiro atoms. The minimum absolute atomic E-state index is 0.0893. The summed E-state index contributed by atoms with van der Waals surface area (Å²) in [5.41, 5.74) is 1.56. The molecule has 0 aliphatic carbocycles. The highest BCUT2D eigenvalue weighted by atomic mass is 19.4. The first-order valence-electron chi connectivity index (χ1n) is 8.93. The topological polar surface area (TPSA) is 81.8 Å². The van der Waals surface area contributed by atoms with Crippen molar-refractivity contribution >= 4 is 17.3 Å². The van der Waals surface area contributed by atoms with Crippen LogP contribution < -0.4 is 16.0 Å². The van der Waals surface area contributed by atoms with Gasteiger partial charge in [0.25, 0.3) is 5.91 Å². The number of benzene rings is 1. The van der Waals surface area contributed by atoms with Crippen LogP contribution in [0.1, 0.15) is 47.1 Å². The Morgan fingerprint density at radius 2 is 2.11 bits per heavy atom. The predicted octanol–water partition coefficient (Wildman–Crippen LogP) is 3.54. The standard InChI is InChI=1S/C18H22F3N5O/c1-2-3-7-23-14-5-4-11(18(19,20)21)9-15(14)24-17(27)16-12-10-22-8-6-13(12)25-26-16/h4-5,9,22-23H,2-3,6-8,10H2,1H3,(H,24,27)(H,25,26). The number of halogens is 3. The summed E-state index contributed by atoms with van der Waals surface area (Å²) in [6, 6.07) is 3.30. The van der Waals surface area contributed by atoms with Gasteiger partial charge in [-0.25, -0.2) is 0 Å². The Labute approximate surface area is 154 Å². The number of alkyl halides is 3. The van der Waals surface area contributed by atoms with Gasteiger partial charge in [0.15, 0.2) is 5.69 Å². The highest BCUT2D eigenvalue weighted by molar-refractivity contribution is 6.05. The van der Waals surface area contributed by atoms with E-state index in [4.69, 9.17) is 0 Å². The fraction of sp³-hybridized carbons (Fsp3) is 0.444. The Hall–Kier alpha value is -2.55. The lowest BCUT2D eigenvalue weighted by Crippen LogP contribution is -2.25. The lowest BCUT2D eigenvalue weighted by atomic mass is 10.1. The van der Waals surface area contributed by atoms with Gasteiger partial charge in [0.2, 0.25) is 0 Å². The Balaban J connectivity index is 1.86. The molecule has 0 fully saturated rings. The van der Waals surface area contributed by atoms with E-state index >= 15 is 0 Å². The number of H-pyrrole nitrogens is 1.